The first kappa shape index (κ1) is 18.8. The van der Waals surface area contributed by atoms with Crippen LogP contribution in [0.3, 0.4) is 0 Å². The summed E-state index contributed by atoms with van der Waals surface area (Å²) < 4.78 is 82.5. The zero-order valence-corrected chi connectivity index (χ0v) is 14.6. The minimum Gasteiger partial charge on any atom is -0.279 e. The Balaban J connectivity index is 2.13. The Hall–Kier alpha value is -2.94. The van der Waals surface area contributed by atoms with Gasteiger partial charge in [-0.3, -0.25) is 9.71 Å². The summed E-state index contributed by atoms with van der Waals surface area (Å²) in [6.45, 7) is 0.814. The van der Waals surface area contributed by atoms with Gasteiger partial charge in [-0.05, 0) is 25.1 Å². The lowest BCUT2D eigenvalue weighted by atomic mass is 10.1. The van der Waals surface area contributed by atoms with Gasteiger partial charge in [0.25, 0.3) is 10.0 Å². The van der Waals surface area contributed by atoms with Crippen LogP contribution in [0.4, 0.5) is 23.2 Å². The molecular formula is C18H12F4N2O2S. The van der Waals surface area contributed by atoms with Crippen LogP contribution >= 0.6 is 0 Å². The maximum Gasteiger partial charge on any atom is 0.267 e. The number of nitrogens with one attached hydrogen (secondary N) is 1. The van der Waals surface area contributed by atoms with Gasteiger partial charge in [0.15, 0.2) is 28.2 Å². The first-order valence-corrected chi connectivity index (χ1v) is 9.08. The molecule has 0 radical (unpaired) electrons. The summed E-state index contributed by atoms with van der Waals surface area (Å²) in [5.74, 6) is -7.67. The molecule has 27 heavy (non-hydrogen) atoms. The van der Waals surface area contributed by atoms with Gasteiger partial charge in [-0.2, -0.15) is 0 Å². The van der Waals surface area contributed by atoms with Crippen LogP contribution in [0.2, 0.25) is 0 Å². The van der Waals surface area contributed by atoms with Crippen LogP contribution in [0.1, 0.15) is 5.56 Å². The van der Waals surface area contributed by atoms with Crippen molar-refractivity contribution in [1.82, 2.24) is 4.98 Å². The molecule has 140 valence electrons. The van der Waals surface area contributed by atoms with E-state index in [1.807, 2.05) is 4.72 Å². The fourth-order valence-corrected chi connectivity index (χ4v) is 3.76. The average Bonchev–Trinajstić information content (AvgIpc) is 2.65. The fraction of sp³-hybridized carbons (Fsp3) is 0.0556. The molecule has 0 aliphatic heterocycles. The van der Waals surface area contributed by atoms with Crippen molar-refractivity contribution in [3.05, 3.63) is 77.5 Å². The number of anilines is 1. The number of pyridine rings is 1. The third-order valence-corrected chi connectivity index (χ3v) is 5.21. The van der Waals surface area contributed by atoms with Crippen molar-refractivity contribution in [3.8, 4) is 11.3 Å². The number of hydrogen-bond donors (Lipinski definition) is 1. The summed E-state index contributed by atoms with van der Waals surface area (Å²) in [6.07, 6.45) is 1.48. The van der Waals surface area contributed by atoms with Crippen molar-refractivity contribution in [1.29, 1.82) is 0 Å². The molecule has 1 N–H and O–H groups in total. The predicted octanol–water partition coefficient (Wildman–Crippen LogP) is 4.41. The number of para-hydroxylation sites is 1. The molecule has 9 heteroatoms. The Morgan fingerprint density at radius 1 is 0.852 bits per heavy atom. The maximum absolute atomic E-state index is 14.2. The molecule has 0 spiro atoms. The van der Waals surface area contributed by atoms with Gasteiger partial charge in [0.05, 0.1) is 11.4 Å². The molecule has 0 amide bonds. The zero-order valence-electron chi connectivity index (χ0n) is 13.8. The Bertz CT molecular complexity index is 1090. The van der Waals surface area contributed by atoms with Crippen LogP contribution in [-0.4, -0.2) is 13.4 Å². The molecule has 0 aliphatic carbocycles. The lowest BCUT2D eigenvalue weighted by Gasteiger charge is -2.14. The van der Waals surface area contributed by atoms with Crippen LogP contribution in [0.25, 0.3) is 11.3 Å². The van der Waals surface area contributed by atoms with E-state index in [-0.39, 0.29) is 5.69 Å². The number of benzene rings is 2. The highest BCUT2D eigenvalue weighted by atomic mass is 32.2. The van der Waals surface area contributed by atoms with Gasteiger partial charge in [-0.15, -0.1) is 0 Å². The molecule has 0 saturated carbocycles. The first-order valence-electron chi connectivity index (χ1n) is 7.60. The summed E-state index contributed by atoms with van der Waals surface area (Å²) in [5, 5.41) is 0. The highest BCUT2D eigenvalue weighted by molar-refractivity contribution is 7.92. The lowest BCUT2D eigenvalue weighted by Crippen LogP contribution is -2.19. The van der Waals surface area contributed by atoms with E-state index in [9.17, 15) is 26.0 Å². The van der Waals surface area contributed by atoms with Gasteiger partial charge in [0.2, 0.25) is 0 Å². The largest absolute Gasteiger partial charge is 0.279 e. The van der Waals surface area contributed by atoms with Crippen molar-refractivity contribution in [2.24, 2.45) is 0 Å². The summed E-state index contributed by atoms with van der Waals surface area (Å²) >= 11 is 0. The summed E-state index contributed by atoms with van der Waals surface area (Å²) in [6, 6.07) is 10.9. The zero-order chi connectivity index (χ0) is 19.8. The molecule has 1 aromatic heterocycles. The average molecular weight is 396 g/mol. The molecule has 0 bridgehead atoms. The molecule has 2 aromatic carbocycles. The van der Waals surface area contributed by atoms with Crippen LogP contribution in [0.5, 0.6) is 0 Å². The van der Waals surface area contributed by atoms with E-state index in [1.165, 1.54) is 18.3 Å². The molecule has 0 fully saturated rings. The highest BCUT2D eigenvalue weighted by Gasteiger charge is 2.32. The van der Waals surface area contributed by atoms with E-state index in [0.717, 1.165) is 6.92 Å². The Morgan fingerprint density at radius 2 is 1.52 bits per heavy atom. The number of rotatable bonds is 4. The molecular weight excluding hydrogens is 384 g/mol. The smallest absolute Gasteiger partial charge is 0.267 e. The minimum atomic E-state index is -4.90. The maximum atomic E-state index is 14.2. The fourth-order valence-electron chi connectivity index (χ4n) is 2.47. The molecule has 0 aliphatic rings. The first-order chi connectivity index (χ1) is 12.7. The number of sulfonamides is 1. The van der Waals surface area contributed by atoms with Crippen molar-refractivity contribution in [2.45, 2.75) is 11.8 Å². The van der Waals surface area contributed by atoms with Crippen molar-refractivity contribution >= 4 is 15.7 Å². The van der Waals surface area contributed by atoms with E-state index in [0.29, 0.717) is 11.3 Å². The molecule has 3 rings (SSSR count). The van der Waals surface area contributed by atoms with Crippen molar-refractivity contribution in [3.63, 3.8) is 0 Å². The topological polar surface area (TPSA) is 59.1 Å². The normalized spacial score (nSPS) is 11.4. The van der Waals surface area contributed by atoms with Crippen molar-refractivity contribution < 1.29 is 26.0 Å². The van der Waals surface area contributed by atoms with E-state index in [2.05, 4.69) is 4.98 Å². The minimum absolute atomic E-state index is 0.0302. The third kappa shape index (κ3) is 3.37. The van der Waals surface area contributed by atoms with Gasteiger partial charge < -0.3 is 0 Å². The second kappa shape index (κ2) is 6.99. The lowest BCUT2D eigenvalue weighted by molar-refractivity contribution is 0.405. The monoisotopic (exact) mass is 396 g/mol. The van der Waals surface area contributed by atoms with Crippen LogP contribution in [0, 0.1) is 30.2 Å². The van der Waals surface area contributed by atoms with E-state index in [1.54, 1.807) is 30.3 Å². The third-order valence-electron chi connectivity index (χ3n) is 3.82. The predicted molar refractivity (Wildman–Crippen MR) is 91.5 cm³/mol. The standard InChI is InChI=1S/C18H12F4N2O2S/c1-10-14(19)16(21)17(22)18(15(10)20)27(25,26)24-13-8-3-2-6-11(13)12-7-4-5-9-23-12/h2-9,24H,1H3. The van der Waals surface area contributed by atoms with Gasteiger partial charge in [-0.25, -0.2) is 26.0 Å². The quantitative estimate of drug-likeness (QED) is 0.404. The van der Waals surface area contributed by atoms with Gasteiger partial charge in [0.1, 0.15) is 0 Å². The van der Waals surface area contributed by atoms with Crippen LogP contribution in [-0.2, 0) is 10.0 Å². The molecule has 0 unspecified atom stereocenters. The molecule has 3 aromatic rings. The van der Waals surface area contributed by atoms with Crippen LogP contribution < -0.4 is 4.72 Å². The number of halogens is 4. The Labute approximate surface area is 152 Å². The second-order valence-corrected chi connectivity index (χ2v) is 7.20. The molecule has 4 nitrogen and oxygen atoms in total. The molecule has 1 heterocycles. The van der Waals surface area contributed by atoms with E-state index >= 15 is 0 Å². The highest BCUT2D eigenvalue weighted by Crippen LogP contribution is 2.31. The van der Waals surface area contributed by atoms with Gasteiger partial charge in [-0.1, -0.05) is 24.3 Å². The summed E-state index contributed by atoms with van der Waals surface area (Å²) in [7, 11) is -4.90. The summed E-state index contributed by atoms with van der Waals surface area (Å²) in [4.78, 5) is 2.51. The number of nitrogens with zero attached hydrogens (tertiary/aromatic N) is 1. The molecule has 0 atom stereocenters. The second-order valence-electron chi connectivity index (χ2n) is 5.58. The molecule has 0 saturated heterocycles. The van der Waals surface area contributed by atoms with Gasteiger partial charge in [0, 0.05) is 17.3 Å². The summed E-state index contributed by atoms with van der Waals surface area (Å²) in [5.41, 5.74) is -0.232. The van der Waals surface area contributed by atoms with Crippen LogP contribution in [0.15, 0.2) is 53.6 Å². The van der Waals surface area contributed by atoms with E-state index in [4.69, 9.17) is 0 Å². The number of hydrogen-bond acceptors (Lipinski definition) is 3. The Morgan fingerprint density at radius 3 is 2.19 bits per heavy atom. The van der Waals surface area contributed by atoms with Gasteiger partial charge >= 0.3 is 0 Å². The SMILES string of the molecule is Cc1c(F)c(F)c(F)c(S(=O)(=O)Nc2ccccc2-c2ccccn2)c1F. The van der Waals surface area contributed by atoms with Crippen molar-refractivity contribution in [2.75, 3.05) is 4.72 Å². The number of aromatic nitrogens is 1. The van der Waals surface area contributed by atoms with E-state index < -0.39 is 43.8 Å². The Kier molecular flexibility index (Phi) is 4.88.